The van der Waals surface area contributed by atoms with Gasteiger partial charge in [-0.3, -0.25) is 10.1 Å². The summed E-state index contributed by atoms with van der Waals surface area (Å²) < 4.78 is 0. The summed E-state index contributed by atoms with van der Waals surface area (Å²) in [5.74, 6) is 0.115. The van der Waals surface area contributed by atoms with Crippen LogP contribution in [0.5, 0.6) is 0 Å². The Kier molecular flexibility index (Phi) is 6.68. The molecule has 2 N–H and O–H groups in total. The van der Waals surface area contributed by atoms with Crippen molar-refractivity contribution < 1.29 is 9.59 Å². The van der Waals surface area contributed by atoms with Gasteiger partial charge in [-0.15, -0.1) is 11.3 Å². The van der Waals surface area contributed by atoms with E-state index in [1.165, 1.54) is 17.8 Å². The van der Waals surface area contributed by atoms with Gasteiger partial charge in [0.15, 0.2) is 5.13 Å². The Hall–Kier alpha value is -2.12. The standard InChI is InChI=1S/C19H23ClN4O2S/c1-2-16-5-3-4-10-24(16)17(25)11-15-12-27-19(22-15)23-18(26)21-14-8-6-13(20)7-9-14/h6-9,12,16H,2-5,10-11H2,1H3,(H2,21,22,23,26)/t16-/m1/s1. The second kappa shape index (κ2) is 9.19. The van der Waals surface area contributed by atoms with Crippen molar-refractivity contribution in [3.8, 4) is 0 Å². The van der Waals surface area contributed by atoms with Gasteiger partial charge in [-0.2, -0.15) is 0 Å². The lowest BCUT2D eigenvalue weighted by molar-refractivity contribution is -0.134. The minimum Gasteiger partial charge on any atom is -0.339 e. The van der Waals surface area contributed by atoms with E-state index in [1.807, 2.05) is 10.3 Å². The van der Waals surface area contributed by atoms with Crippen LogP contribution in [-0.4, -0.2) is 34.4 Å². The number of anilines is 2. The molecule has 3 amide bonds. The smallest absolute Gasteiger partial charge is 0.325 e. The zero-order valence-electron chi connectivity index (χ0n) is 15.2. The predicted octanol–water partition coefficient (Wildman–Crippen LogP) is 4.77. The Labute approximate surface area is 167 Å². The van der Waals surface area contributed by atoms with Crippen molar-refractivity contribution >= 4 is 45.7 Å². The number of hydrogen-bond acceptors (Lipinski definition) is 4. The van der Waals surface area contributed by atoms with Crippen molar-refractivity contribution in [1.82, 2.24) is 9.88 Å². The van der Waals surface area contributed by atoms with E-state index in [0.717, 1.165) is 25.8 Å². The fourth-order valence-corrected chi connectivity index (χ4v) is 4.08. The van der Waals surface area contributed by atoms with E-state index in [0.29, 0.717) is 27.6 Å². The Morgan fingerprint density at radius 1 is 1.26 bits per heavy atom. The number of hydrogen-bond donors (Lipinski definition) is 2. The molecule has 144 valence electrons. The number of urea groups is 1. The maximum atomic E-state index is 12.6. The number of likely N-dealkylation sites (tertiary alicyclic amines) is 1. The lowest BCUT2D eigenvalue weighted by Crippen LogP contribution is -2.44. The molecule has 1 saturated heterocycles. The summed E-state index contributed by atoms with van der Waals surface area (Å²) in [6.07, 6.45) is 4.59. The first-order valence-corrected chi connectivity index (χ1v) is 10.4. The number of nitrogens with zero attached hydrogens (tertiary/aromatic N) is 2. The van der Waals surface area contributed by atoms with Crippen LogP contribution in [0.15, 0.2) is 29.6 Å². The van der Waals surface area contributed by atoms with E-state index < -0.39 is 0 Å². The Morgan fingerprint density at radius 2 is 2.04 bits per heavy atom. The summed E-state index contributed by atoms with van der Waals surface area (Å²) in [5.41, 5.74) is 1.33. The number of halogens is 1. The maximum Gasteiger partial charge on any atom is 0.325 e. The van der Waals surface area contributed by atoms with Gasteiger partial charge < -0.3 is 10.2 Å². The van der Waals surface area contributed by atoms with Gasteiger partial charge in [-0.1, -0.05) is 18.5 Å². The highest BCUT2D eigenvalue weighted by Crippen LogP contribution is 2.22. The van der Waals surface area contributed by atoms with Crippen LogP contribution in [0, 0.1) is 0 Å². The predicted molar refractivity (Wildman–Crippen MR) is 110 cm³/mol. The largest absolute Gasteiger partial charge is 0.339 e. The Bertz CT molecular complexity index is 793. The number of benzene rings is 1. The van der Waals surface area contributed by atoms with Gasteiger partial charge in [0.1, 0.15) is 0 Å². The van der Waals surface area contributed by atoms with Crippen LogP contribution in [0.25, 0.3) is 0 Å². The SMILES string of the molecule is CC[C@@H]1CCCCN1C(=O)Cc1csc(NC(=O)Nc2ccc(Cl)cc2)n1. The van der Waals surface area contributed by atoms with Crippen LogP contribution < -0.4 is 10.6 Å². The van der Waals surface area contributed by atoms with E-state index in [4.69, 9.17) is 11.6 Å². The van der Waals surface area contributed by atoms with E-state index in [1.54, 1.807) is 24.3 Å². The first-order chi connectivity index (χ1) is 13.0. The topological polar surface area (TPSA) is 74.3 Å². The van der Waals surface area contributed by atoms with E-state index in [-0.39, 0.29) is 18.4 Å². The van der Waals surface area contributed by atoms with E-state index in [2.05, 4.69) is 22.5 Å². The molecule has 1 aliphatic rings. The molecular weight excluding hydrogens is 384 g/mol. The molecule has 1 aromatic heterocycles. The van der Waals surface area contributed by atoms with Crippen molar-refractivity contribution in [3.63, 3.8) is 0 Å². The second-order valence-corrected chi connectivity index (χ2v) is 7.85. The number of amides is 3. The zero-order chi connectivity index (χ0) is 19.2. The molecule has 0 spiro atoms. The fourth-order valence-electron chi connectivity index (χ4n) is 3.25. The lowest BCUT2D eigenvalue weighted by atomic mass is 9.99. The molecule has 0 unspecified atom stereocenters. The number of carbonyl (C=O) groups is 2. The zero-order valence-corrected chi connectivity index (χ0v) is 16.8. The van der Waals surface area contributed by atoms with Crippen molar-refractivity contribution in [2.45, 2.75) is 45.1 Å². The van der Waals surface area contributed by atoms with Gasteiger partial charge in [-0.05, 0) is 49.9 Å². The minimum absolute atomic E-state index is 0.115. The first kappa shape index (κ1) is 19.6. The summed E-state index contributed by atoms with van der Waals surface area (Å²) in [7, 11) is 0. The summed E-state index contributed by atoms with van der Waals surface area (Å²) >= 11 is 7.14. The minimum atomic E-state index is -0.383. The van der Waals surface area contributed by atoms with Gasteiger partial charge in [0.2, 0.25) is 5.91 Å². The highest BCUT2D eigenvalue weighted by atomic mass is 35.5. The molecular formula is C19H23ClN4O2S. The Balaban J connectivity index is 1.54. The van der Waals surface area contributed by atoms with Crippen molar-refractivity contribution in [2.75, 3.05) is 17.2 Å². The number of thiazole rings is 1. The number of carbonyl (C=O) groups excluding carboxylic acids is 2. The molecule has 1 aliphatic heterocycles. The molecule has 8 heteroatoms. The molecule has 2 aromatic rings. The maximum absolute atomic E-state index is 12.6. The molecule has 2 heterocycles. The number of aromatic nitrogens is 1. The quantitative estimate of drug-likeness (QED) is 0.750. The third-order valence-electron chi connectivity index (χ3n) is 4.63. The average Bonchev–Trinajstić information content (AvgIpc) is 3.10. The van der Waals surface area contributed by atoms with Gasteiger partial charge >= 0.3 is 6.03 Å². The van der Waals surface area contributed by atoms with Crippen LogP contribution in [0.1, 0.15) is 38.3 Å². The molecule has 27 heavy (non-hydrogen) atoms. The van der Waals surface area contributed by atoms with Crippen LogP contribution in [0.4, 0.5) is 15.6 Å². The summed E-state index contributed by atoms with van der Waals surface area (Å²) in [5, 5.41) is 8.31. The highest BCUT2D eigenvalue weighted by molar-refractivity contribution is 7.14. The van der Waals surface area contributed by atoms with Crippen molar-refractivity contribution in [2.24, 2.45) is 0 Å². The number of piperidine rings is 1. The molecule has 6 nitrogen and oxygen atoms in total. The molecule has 0 aliphatic carbocycles. The van der Waals surface area contributed by atoms with Crippen LogP contribution in [0.2, 0.25) is 5.02 Å². The third kappa shape index (κ3) is 5.43. The van der Waals surface area contributed by atoms with Gasteiger partial charge in [-0.25, -0.2) is 9.78 Å². The van der Waals surface area contributed by atoms with E-state index >= 15 is 0 Å². The fraction of sp³-hybridized carbons (Fsp3) is 0.421. The Morgan fingerprint density at radius 3 is 2.78 bits per heavy atom. The lowest BCUT2D eigenvalue weighted by Gasteiger charge is -2.35. The molecule has 0 saturated carbocycles. The molecule has 0 radical (unpaired) electrons. The van der Waals surface area contributed by atoms with Crippen LogP contribution >= 0.6 is 22.9 Å². The summed E-state index contributed by atoms with van der Waals surface area (Å²) in [4.78, 5) is 31.0. The van der Waals surface area contributed by atoms with Gasteiger partial charge in [0.25, 0.3) is 0 Å². The van der Waals surface area contributed by atoms with Crippen molar-refractivity contribution in [1.29, 1.82) is 0 Å². The molecule has 3 rings (SSSR count). The monoisotopic (exact) mass is 406 g/mol. The van der Waals surface area contributed by atoms with Crippen LogP contribution in [-0.2, 0) is 11.2 Å². The number of rotatable bonds is 5. The van der Waals surface area contributed by atoms with Gasteiger partial charge in [0.05, 0.1) is 12.1 Å². The summed E-state index contributed by atoms with van der Waals surface area (Å²) in [6, 6.07) is 6.80. The third-order valence-corrected chi connectivity index (χ3v) is 5.68. The summed E-state index contributed by atoms with van der Waals surface area (Å²) in [6.45, 7) is 2.95. The average molecular weight is 407 g/mol. The second-order valence-electron chi connectivity index (χ2n) is 6.55. The highest BCUT2D eigenvalue weighted by Gasteiger charge is 2.25. The van der Waals surface area contributed by atoms with Crippen LogP contribution in [0.3, 0.4) is 0 Å². The van der Waals surface area contributed by atoms with Gasteiger partial charge in [0, 0.05) is 28.7 Å². The van der Waals surface area contributed by atoms with E-state index in [9.17, 15) is 9.59 Å². The molecule has 0 bridgehead atoms. The number of nitrogens with one attached hydrogen (secondary N) is 2. The molecule has 1 atom stereocenters. The van der Waals surface area contributed by atoms with Crippen molar-refractivity contribution in [3.05, 3.63) is 40.4 Å². The normalized spacial score (nSPS) is 16.8. The molecule has 1 fully saturated rings. The first-order valence-electron chi connectivity index (χ1n) is 9.12. The molecule has 1 aromatic carbocycles.